The topological polar surface area (TPSA) is 58.2 Å². The lowest BCUT2D eigenvalue weighted by Gasteiger charge is -2.47. The quantitative estimate of drug-likeness (QED) is 0.786. The molecule has 2 aromatic heterocycles. The molecule has 26 heavy (non-hydrogen) atoms. The summed E-state index contributed by atoms with van der Waals surface area (Å²) in [4.78, 5) is 26.2. The Kier molecular flexibility index (Phi) is 5.53. The first kappa shape index (κ1) is 19.1. The summed E-state index contributed by atoms with van der Waals surface area (Å²) in [6.45, 7) is 7.33. The van der Waals surface area contributed by atoms with Gasteiger partial charge in [0.1, 0.15) is 0 Å². The third-order valence-corrected chi connectivity index (χ3v) is 6.68. The molecule has 0 bridgehead atoms. The maximum Gasteiger partial charge on any atom is 0.261 e. The molecule has 0 aliphatic heterocycles. The maximum absolute atomic E-state index is 12.4. The summed E-state index contributed by atoms with van der Waals surface area (Å²) in [5.41, 5.74) is 0.0795. The van der Waals surface area contributed by atoms with E-state index in [0.717, 1.165) is 29.0 Å². The average molecular weight is 391 g/mol. The minimum atomic E-state index is -0.0396. The van der Waals surface area contributed by atoms with Crippen molar-refractivity contribution in [1.29, 1.82) is 0 Å². The molecule has 0 radical (unpaired) electrons. The first-order valence-electron chi connectivity index (χ1n) is 8.93. The highest BCUT2D eigenvalue weighted by molar-refractivity contribution is 7.12. The van der Waals surface area contributed by atoms with Gasteiger partial charge in [0.25, 0.3) is 11.8 Å². The molecule has 0 spiro atoms. The van der Waals surface area contributed by atoms with Crippen LogP contribution in [0.15, 0.2) is 35.0 Å². The SMILES string of the molecule is CC1(C)C[C@H](NC(=O)c2cccs2)C[C@](C)(CNC(=O)c2cccs2)C1. The van der Waals surface area contributed by atoms with Crippen LogP contribution in [-0.4, -0.2) is 24.4 Å². The van der Waals surface area contributed by atoms with Crippen molar-refractivity contribution in [1.82, 2.24) is 10.6 Å². The van der Waals surface area contributed by atoms with Gasteiger partial charge < -0.3 is 10.6 Å². The van der Waals surface area contributed by atoms with Crippen LogP contribution in [0.2, 0.25) is 0 Å². The number of nitrogens with one attached hydrogen (secondary N) is 2. The number of rotatable bonds is 5. The molecule has 2 heterocycles. The lowest BCUT2D eigenvalue weighted by Crippen LogP contribution is -2.50. The number of hydrogen-bond donors (Lipinski definition) is 2. The van der Waals surface area contributed by atoms with Gasteiger partial charge in [-0.2, -0.15) is 0 Å². The second-order valence-electron chi connectivity index (χ2n) is 8.37. The minimum absolute atomic E-state index is 0.00710. The summed E-state index contributed by atoms with van der Waals surface area (Å²) < 4.78 is 0. The first-order chi connectivity index (χ1) is 12.3. The molecule has 1 aliphatic carbocycles. The van der Waals surface area contributed by atoms with Crippen molar-refractivity contribution in [2.24, 2.45) is 10.8 Å². The van der Waals surface area contributed by atoms with Crippen LogP contribution in [0.4, 0.5) is 0 Å². The number of carbonyl (C=O) groups is 2. The van der Waals surface area contributed by atoms with E-state index in [1.54, 1.807) is 0 Å². The fourth-order valence-corrected chi connectivity index (χ4v) is 5.59. The summed E-state index contributed by atoms with van der Waals surface area (Å²) in [6.07, 6.45) is 2.85. The van der Waals surface area contributed by atoms with Gasteiger partial charge >= 0.3 is 0 Å². The molecule has 1 saturated carbocycles. The van der Waals surface area contributed by atoms with E-state index in [-0.39, 0.29) is 28.7 Å². The van der Waals surface area contributed by atoms with E-state index in [9.17, 15) is 9.59 Å². The molecule has 140 valence electrons. The van der Waals surface area contributed by atoms with Crippen LogP contribution in [0.25, 0.3) is 0 Å². The predicted molar refractivity (Wildman–Crippen MR) is 108 cm³/mol. The van der Waals surface area contributed by atoms with Crippen LogP contribution in [0.3, 0.4) is 0 Å². The van der Waals surface area contributed by atoms with Gasteiger partial charge in [0.2, 0.25) is 0 Å². The van der Waals surface area contributed by atoms with Crippen LogP contribution < -0.4 is 10.6 Å². The zero-order valence-corrected chi connectivity index (χ0v) is 17.1. The highest BCUT2D eigenvalue weighted by Gasteiger charge is 2.42. The van der Waals surface area contributed by atoms with Crippen molar-refractivity contribution in [3.63, 3.8) is 0 Å². The lowest BCUT2D eigenvalue weighted by molar-refractivity contribution is 0.0594. The Morgan fingerprint density at radius 2 is 1.65 bits per heavy atom. The van der Waals surface area contributed by atoms with E-state index in [2.05, 4.69) is 31.4 Å². The highest BCUT2D eigenvalue weighted by Crippen LogP contribution is 2.45. The molecule has 3 rings (SSSR count). The lowest BCUT2D eigenvalue weighted by atomic mass is 9.62. The molecule has 6 heteroatoms. The standard InChI is InChI=1S/C20H26N2O2S2/c1-19(2)10-14(22-18(24)16-7-5-9-26-16)11-20(3,12-19)13-21-17(23)15-6-4-8-25-15/h4-9,14H,10-13H2,1-3H3,(H,21,23)(H,22,24)/t14-,20-/m0/s1. The van der Waals surface area contributed by atoms with Gasteiger partial charge in [-0.05, 0) is 53.0 Å². The van der Waals surface area contributed by atoms with E-state index in [4.69, 9.17) is 0 Å². The van der Waals surface area contributed by atoms with E-state index in [0.29, 0.717) is 6.54 Å². The number of hydrogen-bond acceptors (Lipinski definition) is 4. The second-order valence-corrected chi connectivity index (χ2v) is 10.3. The third-order valence-electron chi connectivity index (χ3n) is 4.94. The van der Waals surface area contributed by atoms with Crippen molar-refractivity contribution in [2.45, 2.75) is 46.1 Å². The summed E-state index contributed by atoms with van der Waals surface area (Å²) in [5, 5.41) is 10.1. The molecule has 2 aromatic rings. The molecule has 0 unspecified atom stereocenters. The van der Waals surface area contributed by atoms with E-state index < -0.39 is 0 Å². The summed E-state index contributed by atoms with van der Waals surface area (Å²) in [6, 6.07) is 7.61. The van der Waals surface area contributed by atoms with Gasteiger partial charge in [-0.15, -0.1) is 22.7 Å². The molecule has 0 saturated heterocycles. The second kappa shape index (κ2) is 7.53. The largest absolute Gasteiger partial charge is 0.351 e. The summed E-state index contributed by atoms with van der Waals surface area (Å²) in [5.74, 6) is -0.00329. The van der Waals surface area contributed by atoms with E-state index in [1.165, 1.54) is 22.7 Å². The fourth-order valence-electron chi connectivity index (χ4n) is 4.32. The van der Waals surface area contributed by atoms with Crippen molar-refractivity contribution in [2.75, 3.05) is 6.54 Å². The Bertz CT molecular complexity index is 753. The molecular weight excluding hydrogens is 364 g/mol. The number of carbonyl (C=O) groups excluding carboxylic acids is 2. The Labute approximate surface area is 163 Å². The van der Waals surface area contributed by atoms with Crippen LogP contribution in [0.5, 0.6) is 0 Å². The summed E-state index contributed by atoms with van der Waals surface area (Å²) in [7, 11) is 0. The summed E-state index contributed by atoms with van der Waals surface area (Å²) >= 11 is 2.92. The van der Waals surface area contributed by atoms with Crippen LogP contribution in [0.1, 0.15) is 59.4 Å². The molecule has 1 fully saturated rings. The van der Waals surface area contributed by atoms with Gasteiger partial charge in [0, 0.05) is 12.6 Å². The number of thiophene rings is 2. The van der Waals surface area contributed by atoms with E-state index >= 15 is 0 Å². The van der Waals surface area contributed by atoms with Crippen molar-refractivity contribution < 1.29 is 9.59 Å². The fraction of sp³-hybridized carbons (Fsp3) is 0.500. The van der Waals surface area contributed by atoms with Crippen molar-refractivity contribution in [3.8, 4) is 0 Å². The zero-order chi connectivity index (χ0) is 18.8. The molecule has 2 amide bonds. The highest BCUT2D eigenvalue weighted by atomic mass is 32.1. The normalized spacial score (nSPS) is 24.8. The smallest absolute Gasteiger partial charge is 0.261 e. The predicted octanol–water partition coefficient (Wildman–Crippen LogP) is 4.55. The van der Waals surface area contributed by atoms with Crippen molar-refractivity contribution >= 4 is 34.5 Å². The molecule has 2 atom stereocenters. The molecular formula is C20H26N2O2S2. The van der Waals surface area contributed by atoms with Crippen LogP contribution in [-0.2, 0) is 0 Å². The Morgan fingerprint density at radius 1 is 1.04 bits per heavy atom. The average Bonchev–Trinajstić information content (AvgIpc) is 3.23. The zero-order valence-electron chi connectivity index (χ0n) is 15.5. The maximum atomic E-state index is 12.4. The van der Waals surface area contributed by atoms with Gasteiger partial charge in [0.15, 0.2) is 0 Å². The number of amides is 2. The van der Waals surface area contributed by atoms with Gasteiger partial charge in [0.05, 0.1) is 9.75 Å². The van der Waals surface area contributed by atoms with Gasteiger partial charge in [-0.25, -0.2) is 0 Å². The van der Waals surface area contributed by atoms with E-state index in [1.807, 2.05) is 35.0 Å². The molecule has 2 N–H and O–H groups in total. The monoisotopic (exact) mass is 390 g/mol. The van der Waals surface area contributed by atoms with Crippen molar-refractivity contribution in [3.05, 3.63) is 44.8 Å². The Morgan fingerprint density at radius 3 is 2.23 bits per heavy atom. The van der Waals surface area contributed by atoms with Gasteiger partial charge in [-0.3, -0.25) is 9.59 Å². The molecule has 1 aliphatic rings. The molecule has 0 aromatic carbocycles. The third kappa shape index (κ3) is 4.74. The Hall–Kier alpha value is -1.66. The van der Waals surface area contributed by atoms with Gasteiger partial charge in [-0.1, -0.05) is 32.9 Å². The first-order valence-corrected chi connectivity index (χ1v) is 10.7. The van der Waals surface area contributed by atoms with Crippen LogP contribution >= 0.6 is 22.7 Å². The Balaban J connectivity index is 1.64. The minimum Gasteiger partial charge on any atom is -0.351 e. The molecule has 4 nitrogen and oxygen atoms in total. The van der Waals surface area contributed by atoms with Crippen LogP contribution in [0, 0.1) is 10.8 Å².